The Morgan fingerprint density at radius 1 is 1.15 bits per heavy atom. The Labute approximate surface area is 155 Å². The number of benzene rings is 2. The zero-order valence-electron chi connectivity index (χ0n) is 14.9. The van der Waals surface area contributed by atoms with Crippen LogP contribution in [0.25, 0.3) is 21.9 Å². The third kappa shape index (κ3) is 3.19. The summed E-state index contributed by atoms with van der Waals surface area (Å²) >= 11 is 0. The number of hydrogen-bond donors (Lipinski definition) is 1. The molecule has 0 bridgehead atoms. The summed E-state index contributed by atoms with van der Waals surface area (Å²) in [5, 5.41) is 15.1. The maximum absolute atomic E-state index is 11.2. The Morgan fingerprint density at radius 3 is 2.85 bits per heavy atom. The minimum absolute atomic E-state index is 0.0733. The fourth-order valence-electron chi connectivity index (χ4n) is 3.40. The first-order chi connectivity index (χ1) is 13.1. The Morgan fingerprint density at radius 2 is 2.00 bits per heavy atom. The van der Waals surface area contributed by atoms with Crippen LogP contribution in [0.5, 0.6) is 0 Å². The van der Waals surface area contributed by atoms with Crippen molar-refractivity contribution < 1.29 is 4.92 Å². The summed E-state index contributed by atoms with van der Waals surface area (Å²) in [7, 11) is 0. The molecule has 1 N–H and O–H groups in total. The van der Waals surface area contributed by atoms with Gasteiger partial charge in [-0.05, 0) is 43.7 Å². The van der Waals surface area contributed by atoms with Gasteiger partial charge in [-0.3, -0.25) is 15.1 Å². The first-order valence-electron chi connectivity index (χ1n) is 8.83. The van der Waals surface area contributed by atoms with E-state index in [0.29, 0.717) is 10.9 Å². The molecule has 0 spiro atoms. The molecule has 0 atom stereocenters. The van der Waals surface area contributed by atoms with Gasteiger partial charge in [0.2, 0.25) is 0 Å². The molecule has 2 heterocycles. The van der Waals surface area contributed by atoms with Crippen LogP contribution in [0.4, 0.5) is 11.4 Å². The van der Waals surface area contributed by atoms with E-state index in [-0.39, 0.29) is 10.6 Å². The molecule has 0 aliphatic heterocycles. The average Bonchev–Trinajstić information content (AvgIpc) is 3.00. The number of non-ortho nitro benzene ring substituents is 1. The van der Waals surface area contributed by atoms with Gasteiger partial charge in [0.05, 0.1) is 27.0 Å². The van der Waals surface area contributed by atoms with E-state index < -0.39 is 0 Å². The topological polar surface area (TPSA) is 85.9 Å². The minimum atomic E-state index is -0.374. The maximum atomic E-state index is 11.2. The molecule has 0 saturated heterocycles. The smallest absolute Gasteiger partial charge is 0.278 e. The lowest BCUT2D eigenvalue weighted by Gasteiger charge is -2.11. The van der Waals surface area contributed by atoms with Gasteiger partial charge in [-0.2, -0.15) is 0 Å². The second-order valence-electron chi connectivity index (χ2n) is 6.37. The number of fused-ring (bicyclic) bond motifs is 2. The molecule has 0 unspecified atom stereocenters. The molecule has 2 aromatic carbocycles. The third-order valence-electron chi connectivity index (χ3n) is 4.66. The largest absolute Gasteiger partial charge is 0.383 e. The number of aryl methyl sites for hydroxylation is 2. The molecule has 7 heteroatoms. The maximum Gasteiger partial charge on any atom is 0.278 e. The predicted molar refractivity (Wildman–Crippen MR) is 106 cm³/mol. The number of nitro benzene ring substituents is 1. The van der Waals surface area contributed by atoms with Crippen LogP contribution in [-0.4, -0.2) is 26.0 Å². The van der Waals surface area contributed by atoms with E-state index in [1.165, 1.54) is 6.07 Å². The number of hydrogen-bond acceptors (Lipinski definition) is 5. The summed E-state index contributed by atoms with van der Waals surface area (Å²) in [6.07, 6.45) is 2.55. The lowest BCUT2D eigenvalue weighted by atomic mass is 10.1. The molecule has 27 heavy (non-hydrogen) atoms. The number of imidazole rings is 1. The van der Waals surface area contributed by atoms with Crippen molar-refractivity contribution in [2.24, 2.45) is 0 Å². The van der Waals surface area contributed by atoms with Gasteiger partial charge in [-0.25, -0.2) is 4.98 Å². The Kier molecular flexibility index (Phi) is 4.42. The van der Waals surface area contributed by atoms with Crippen LogP contribution in [0.3, 0.4) is 0 Å². The molecule has 0 amide bonds. The number of nitrogens with one attached hydrogen (secondary N) is 1. The molecule has 2 aromatic heterocycles. The minimum Gasteiger partial charge on any atom is -0.383 e. The summed E-state index contributed by atoms with van der Waals surface area (Å²) in [5.41, 5.74) is 3.65. The highest BCUT2D eigenvalue weighted by Crippen LogP contribution is 2.29. The van der Waals surface area contributed by atoms with E-state index in [4.69, 9.17) is 0 Å². The highest BCUT2D eigenvalue weighted by Gasteiger charge is 2.14. The van der Waals surface area contributed by atoms with Crippen LogP contribution >= 0.6 is 0 Å². The summed E-state index contributed by atoms with van der Waals surface area (Å²) in [4.78, 5) is 19.7. The highest BCUT2D eigenvalue weighted by molar-refractivity contribution is 5.96. The number of nitrogens with zero attached hydrogens (tertiary/aromatic N) is 4. The average molecular weight is 361 g/mol. The van der Waals surface area contributed by atoms with Gasteiger partial charge < -0.3 is 9.88 Å². The van der Waals surface area contributed by atoms with E-state index in [0.717, 1.165) is 42.1 Å². The molecule has 136 valence electrons. The van der Waals surface area contributed by atoms with Crippen LogP contribution < -0.4 is 5.32 Å². The Balaban J connectivity index is 1.49. The van der Waals surface area contributed by atoms with Crippen LogP contribution in [0.15, 0.2) is 54.7 Å². The second kappa shape index (κ2) is 7.03. The van der Waals surface area contributed by atoms with Gasteiger partial charge in [-0.1, -0.05) is 12.1 Å². The quantitative estimate of drug-likeness (QED) is 0.314. The Hall–Kier alpha value is -3.48. The normalized spacial score (nSPS) is 11.1. The first-order valence-corrected chi connectivity index (χ1v) is 8.83. The van der Waals surface area contributed by atoms with Crippen molar-refractivity contribution in [3.05, 3.63) is 70.7 Å². The lowest BCUT2D eigenvalue weighted by molar-refractivity contribution is -0.383. The molecule has 0 radical (unpaired) electrons. The third-order valence-corrected chi connectivity index (χ3v) is 4.66. The predicted octanol–water partition coefficient (Wildman–Crippen LogP) is 4.30. The van der Waals surface area contributed by atoms with Crippen LogP contribution in [0.1, 0.15) is 12.2 Å². The van der Waals surface area contributed by atoms with Gasteiger partial charge in [0.25, 0.3) is 5.69 Å². The Bertz CT molecular complexity index is 1140. The summed E-state index contributed by atoms with van der Waals surface area (Å²) in [6, 6.07) is 14.8. The lowest BCUT2D eigenvalue weighted by Crippen LogP contribution is -2.08. The molecule has 4 rings (SSSR count). The number of nitro groups is 1. The van der Waals surface area contributed by atoms with Gasteiger partial charge in [-0.15, -0.1) is 0 Å². The number of anilines is 1. The summed E-state index contributed by atoms with van der Waals surface area (Å²) in [5.74, 6) is 0.999. The summed E-state index contributed by atoms with van der Waals surface area (Å²) < 4.78 is 2.21. The summed E-state index contributed by atoms with van der Waals surface area (Å²) in [6.45, 7) is 3.59. The molecule has 0 saturated carbocycles. The van der Waals surface area contributed by atoms with Crippen molar-refractivity contribution >= 4 is 33.3 Å². The van der Waals surface area contributed by atoms with Crippen molar-refractivity contribution in [1.29, 1.82) is 0 Å². The van der Waals surface area contributed by atoms with E-state index in [2.05, 4.69) is 25.9 Å². The van der Waals surface area contributed by atoms with Crippen molar-refractivity contribution in [2.45, 2.75) is 19.9 Å². The molecule has 0 fully saturated rings. The van der Waals surface area contributed by atoms with Crippen molar-refractivity contribution in [3.8, 4) is 0 Å². The van der Waals surface area contributed by atoms with Crippen LogP contribution in [0, 0.1) is 17.0 Å². The molecule has 7 nitrogen and oxygen atoms in total. The van der Waals surface area contributed by atoms with Crippen molar-refractivity contribution in [1.82, 2.24) is 14.5 Å². The number of aromatic nitrogens is 3. The zero-order valence-corrected chi connectivity index (χ0v) is 14.9. The van der Waals surface area contributed by atoms with Crippen molar-refractivity contribution in [2.75, 3.05) is 11.9 Å². The van der Waals surface area contributed by atoms with E-state index in [1.54, 1.807) is 24.4 Å². The van der Waals surface area contributed by atoms with E-state index in [9.17, 15) is 10.1 Å². The van der Waals surface area contributed by atoms with E-state index >= 15 is 0 Å². The molecule has 4 aromatic rings. The SMILES string of the molecule is Cc1nc2ccccc2n1CCCNc1ccc([N+](=O)[O-])c2cccnc12. The fourth-order valence-corrected chi connectivity index (χ4v) is 3.40. The molecular formula is C20H19N5O2. The van der Waals surface area contributed by atoms with Gasteiger partial charge in [0, 0.05) is 25.4 Å². The van der Waals surface area contributed by atoms with Gasteiger partial charge >= 0.3 is 0 Å². The molecule has 0 aliphatic carbocycles. The first kappa shape index (κ1) is 17.0. The van der Waals surface area contributed by atoms with Crippen LogP contribution in [-0.2, 0) is 6.54 Å². The number of pyridine rings is 1. The second-order valence-corrected chi connectivity index (χ2v) is 6.37. The van der Waals surface area contributed by atoms with Crippen LogP contribution in [0.2, 0.25) is 0 Å². The van der Waals surface area contributed by atoms with Crippen molar-refractivity contribution in [3.63, 3.8) is 0 Å². The number of rotatable bonds is 6. The van der Waals surface area contributed by atoms with Gasteiger partial charge in [0.1, 0.15) is 11.3 Å². The highest BCUT2D eigenvalue weighted by atomic mass is 16.6. The zero-order chi connectivity index (χ0) is 18.8. The molecular weight excluding hydrogens is 342 g/mol. The van der Waals surface area contributed by atoms with Gasteiger partial charge in [0.15, 0.2) is 0 Å². The fraction of sp³-hybridized carbons (Fsp3) is 0.200. The monoisotopic (exact) mass is 361 g/mol. The molecule has 0 aliphatic rings. The number of para-hydroxylation sites is 2. The van der Waals surface area contributed by atoms with E-state index in [1.807, 2.05) is 25.1 Å². The standard InChI is InChI=1S/C20H19N5O2/c1-14-23-16-7-2-3-8-19(16)24(14)13-5-12-21-17-9-10-18(25(26)27)15-6-4-11-22-20(15)17/h2-4,6-11,21H,5,12-13H2,1H3.